The number of carbonyl (C=O) groups excluding carboxylic acids is 1. The molecule has 1 fully saturated rings. The number of carbonyl (C=O) groups is 1. The van der Waals surface area contributed by atoms with Crippen molar-refractivity contribution in [2.75, 3.05) is 26.2 Å². The Kier molecular flexibility index (Phi) is 7.13. The molecule has 1 aliphatic heterocycles. The third-order valence-electron chi connectivity index (χ3n) is 5.62. The third-order valence-corrected chi connectivity index (χ3v) is 6.36. The number of rotatable bonds is 7. The first kappa shape index (κ1) is 21.3. The van der Waals surface area contributed by atoms with Crippen LogP contribution in [-0.4, -0.2) is 47.1 Å². The van der Waals surface area contributed by atoms with E-state index in [4.69, 9.17) is 23.2 Å². The van der Waals surface area contributed by atoms with E-state index >= 15 is 0 Å². The van der Waals surface area contributed by atoms with Crippen LogP contribution in [0.3, 0.4) is 0 Å². The molecule has 0 bridgehead atoms. The van der Waals surface area contributed by atoms with Gasteiger partial charge in [0.2, 0.25) is 0 Å². The van der Waals surface area contributed by atoms with E-state index in [2.05, 4.69) is 4.90 Å². The Labute approximate surface area is 175 Å². The smallest absolute Gasteiger partial charge is 0.165 e. The number of likely N-dealkylation sites (tertiary alicyclic amines) is 1. The average molecular weight is 422 g/mol. The van der Waals surface area contributed by atoms with Crippen molar-refractivity contribution in [1.82, 2.24) is 4.90 Å². The molecule has 1 unspecified atom stereocenters. The molecular formula is C22H25Cl2NO3. The SMILES string of the molecule is O=C(CO)C(CCN1CCC(O)(c2ccccc2)CC1)c1ccc(Cl)c(Cl)c1. The lowest BCUT2D eigenvalue weighted by Gasteiger charge is -2.39. The number of aliphatic hydroxyl groups is 2. The number of piperidine rings is 1. The Balaban J connectivity index is 1.62. The second-order valence-corrected chi connectivity index (χ2v) is 8.19. The molecule has 150 valence electrons. The monoisotopic (exact) mass is 421 g/mol. The summed E-state index contributed by atoms with van der Waals surface area (Å²) in [7, 11) is 0. The second kappa shape index (κ2) is 9.38. The summed E-state index contributed by atoms with van der Waals surface area (Å²) in [6, 6.07) is 14.9. The van der Waals surface area contributed by atoms with E-state index in [-0.39, 0.29) is 5.78 Å². The lowest BCUT2D eigenvalue weighted by atomic mass is 9.84. The van der Waals surface area contributed by atoms with Crippen LogP contribution in [0.4, 0.5) is 0 Å². The lowest BCUT2D eigenvalue weighted by Crippen LogP contribution is -2.43. The van der Waals surface area contributed by atoms with Gasteiger partial charge in [-0.25, -0.2) is 0 Å². The van der Waals surface area contributed by atoms with Crippen molar-refractivity contribution in [3.05, 3.63) is 69.7 Å². The number of hydrogen-bond acceptors (Lipinski definition) is 4. The molecule has 0 saturated carbocycles. The Morgan fingerprint density at radius 1 is 1.07 bits per heavy atom. The van der Waals surface area contributed by atoms with Crippen LogP contribution >= 0.6 is 23.2 Å². The van der Waals surface area contributed by atoms with Gasteiger partial charge in [0.15, 0.2) is 5.78 Å². The maximum absolute atomic E-state index is 12.3. The molecule has 0 amide bonds. The minimum atomic E-state index is -0.790. The van der Waals surface area contributed by atoms with E-state index in [9.17, 15) is 15.0 Å². The zero-order valence-corrected chi connectivity index (χ0v) is 17.2. The van der Waals surface area contributed by atoms with E-state index < -0.39 is 18.1 Å². The predicted molar refractivity (Wildman–Crippen MR) is 112 cm³/mol. The molecule has 1 aliphatic rings. The van der Waals surface area contributed by atoms with Gasteiger partial charge in [0, 0.05) is 19.0 Å². The topological polar surface area (TPSA) is 60.8 Å². The van der Waals surface area contributed by atoms with Crippen LogP contribution in [0.2, 0.25) is 10.0 Å². The molecule has 6 heteroatoms. The van der Waals surface area contributed by atoms with Gasteiger partial charge < -0.3 is 15.1 Å². The quantitative estimate of drug-likeness (QED) is 0.708. The molecule has 1 heterocycles. The first-order chi connectivity index (χ1) is 13.4. The van der Waals surface area contributed by atoms with E-state index in [0.29, 0.717) is 35.9 Å². The molecule has 0 aromatic heterocycles. The van der Waals surface area contributed by atoms with E-state index in [1.54, 1.807) is 18.2 Å². The largest absolute Gasteiger partial charge is 0.389 e. The lowest BCUT2D eigenvalue weighted by molar-refractivity contribution is -0.123. The van der Waals surface area contributed by atoms with Crippen molar-refractivity contribution in [2.45, 2.75) is 30.8 Å². The Bertz CT molecular complexity index is 805. The molecule has 0 radical (unpaired) electrons. The fraction of sp³-hybridized carbons (Fsp3) is 0.409. The van der Waals surface area contributed by atoms with Crippen LogP contribution in [0.1, 0.15) is 36.3 Å². The van der Waals surface area contributed by atoms with Gasteiger partial charge >= 0.3 is 0 Å². The van der Waals surface area contributed by atoms with Gasteiger partial charge in [0.05, 0.1) is 15.6 Å². The summed E-state index contributed by atoms with van der Waals surface area (Å²) in [6.45, 7) is 1.72. The zero-order chi connectivity index (χ0) is 20.1. The highest BCUT2D eigenvalue weighted by Gasteiger charge is 2.34. The second-order valence-electron chi connectivity index (χ2n) is 7.38. The summed E-state index contributed by atoms with van der Waals surface area (Å²) >= 11 is 12.1. The summed E-state index contributed by atoms with van der Waals surface area (Å²) < 4.78 is 0. The average Bonchev–Trinajstić information content (AvgIpc) is 2.72. The number of hydrogen-bond donors (Lipinski definition) is 2. The molecule has 0 aliphatic carbocycles. The summed E-state index contributed by atoms with van der Waals surface area (Å²) in [6.07, 6.45) is 1.89. The van der Waals surface area contributed by atoms with Gasteiger partial charge in [-0.1, -0.05) is 59.6 Å². The highest BCUT2D eigenvalue weighted by molar-refractivity contribution is 6.42. The summed E-state index contributed by atoms with van der Waals surface area (Å²) in [5.41, 5.74) is 0.937. The normalized spacial score (nSPS) is 18.0. The molecule has 3 rings (SSSR count). The number of Topliss-reactive ketones (excluding diaryl/α,β-unsaturated/α-hetero) is 1. The molecule has 2 N–H and O–H groups in total. The van der Waals surface area contributed by atoms with E-state index in [0.717, 1.165) is 24.2 Å². The van der Waals surface area contributed by atoms with Crippen molar-refractivity contribution < 1.29 is 15.0 Å². The standard InChI is InChI=1S/C22H25Cl2NO3/c23-19-7-6-16(14-20(19)24)18(21(27)15-26)8-11-25-12-9-22(28,10-13-25)17-4-2-1-3-5-17/h1-7,14,18,26,28H,8-13,15H2. The molecule has 2 aromatic carbocycles. The van der Waals surface area contributed by atoms with Crippen molar-refractivity contribution >= 4 is 29.0 Å². The molecule has 4 nitrogen and oxygen atoms in total. The van der Waals surface area contributed by atoms with Gasteiger partial charge in [-0.2, -0.15) is 0 Å². The maximum atomic E-state index is 12.3. The maximum Gasteiger partial charge on any atom is 0.165 e. The Hall–Kier alpha value is -1.43. The van der Waals surface area contributed by atoms with Gasteiger partial charge in [0.25, 0.3) is 0 Å². The van der Waals surface area contributed by atoms with E-state index in [1.165, 1.54) is 0 Å². The number of aliphatic hydroxyl groups excluding tert-OH is 1. The van der Waals surface area contributed by atoms with Gasteiger partial charge in [-0.3, -0.25) is 4.79 Å². The summed E-state index contributed by atoms with van der Waals surface area (Å²) in [5, 5.41) is 21.2. The molecule has 28 heavy (non-hydrogen) atoms. The van der Waals surface area contributed by atoms with Crippen LogP contribution in [0.25, 0.3) is 0 Å². The van der Waals surface area contributed by atoms with Crippen LogP contribution < -0.4 is 0 Å². The van der Waals surface area contributed by atoms with Crippen molar-refractivity contribution in [1.29, 1.82) is 0 Å². The highest BCUT2D eigenvalue weighted by Crippen LogP contribution is 2.34. The minimum absolute atomic E-state index is 0.226. The van der Waals surface area contributed by atoms with Crippen LogP contribution in [0.5, 0.6) is 0 Å². The predicted octanol–water partition coefficient (Wildman–Crippen LogP) is 4.01. The summed E-state index contributed by atoms with van der Waals surface area (Å²) in [5.74, 6) is -0.647. The van der Waals surface area contributed by atoms with Gasteiger partial charge in [-0.05, 0) is 49.1 Å². The number of ketones is 1. The van der Waals surface area contributed by atoms with Crippen molar-refractivity contribution in [2.24, 2.45) is 0 Å². The number of nitrogens with zero attached hydrogens (tertiary/aromatic N) is 1. The van der Waals surface area contributed by atoms with Crippen LogP contribution in [0, 0.1) is 0 Å². The van der Waals surface area contributed by atoms with Crippen LogP contribution in [-0.2, 0) is 10.4 Å². The molecule has 2 aromatic rings. The minimum Gasteiger partial charge on any atom is -0.389 e. The third kappa shape index (κ3) is 4.94. The number of benzene rings is 2. The van der Waals surface area contributed by atoms with Gasteiger partial charge in [0.1, 0.15) is 6.61 Å². The Morgan fingerprint density at radius 3 is 2.36 bits per heavy atom. The molecule has 0 spiro atoms. The molecule has 1 atom stereocenters. The fourth-order valence-corrected chi connectivity index (χ4v) is 4.15. The van der Waals surface area contributed by atoms with Gasteiger partial charge in [-0.15, -0.1) is 0 Å². The van der Waals surface area contributed by atoms with Crippen molar-refractivity contribution in [3.63, 3.8) is 0 Å². The fourth-order valence-electron chi connectivity index (χ4n) is 3.85. The highest BCUT2D eigenvalue weighted by atomic mass is 35.5. The van der Waals surface area contributed by atoms with Crippen molar-refractivity contribution in [3.8, 4) is 0 Å². The van der Waals surface area contributed by atoms with Crippen LogP contribution in [0.15, 0.2) is 48.5 Å². The first-order valence-electron chi connectivity index (χ1n) is 9.52. The number of halogens is 2. The first-order valence-corrected chi connectivity index (χ1v) is 10.3. The molecular weight excluding hydrogens is 397 g/mol. The summed E-state index contributed by atoms with van der Waals surface area (Å²) in [4.78, 5) is 14.5. The Morgan fingerprint density at radius 2 is 1.75 bits per heavy atom. The zero-order valence-electron chi connectivity index (χ0n) is 15.7. The molecule has 1 saturated heterocycles. The van der Waals surface area contributed by atoms with E-state index in [1.807, 2.05) is 30.3 Å².